The van der Waals surface area contributed by atoms with Crippen LogP contribution in [0.25, 0.3) is 0 Å². The van der Waals surface area contributed by atoms with Gasteiger partial charge < -0.3 is 5.32 Å². The Morgan fingerprint density at radius 3 is 1.95 bits per heavy atom. The van der Waals surface area contributed by atoms with Crippen LogP contribution in [0.4, 0.5) is 0 Å². The molecule has 1 heterocycles. The largest absolute Gasteiger partial charge is 0.353 e. The Balaban J connectivity index is 1.86. The van der Waals surface area contributed by atoms with Gasteiger partial charge in [0.25, 0.3) is 0 Å². The minimum absolute atomic E-state index is 0.200. The lowest BCUT2D eigenvalue weighted by Gasteiger charge is -2.22. The molecule has 1 atom stereocenters. The van der Waals surface area contributed by atoms with Gasteiger partial charge in [0, 0.05) is 12.5 Å². The third kappa shape index (κ3) is 3.08. The van der Waals surface area contributed by atoms with Gasteiger partial charge in [-0.1, -0.05) is 60.7 Å². The van der Waals surface area contributed by atoms with Crippen molar-refractivity contribution >= 4 is 24.4 Å². The molecule has 1 amide bonds. The van der Waals surface area contributed by atoms with Gasteiger partial charge in [0.15, 0.2) is 0 Å². The summed E-state index contributed by atoms with van der Waals surface area (Å²) in [6.45, 7) is 0. The van der Waals surface area contributed by atoms with E-state index in [1.807, 2.05) is 0 Å². The van der Waals surface area contributed by atoms with Crippen LogP contribution in [0.2, 0.25) is 0 Å². The first-order valence-electron chi connectivity index (χ1n) is 7.00. The minimum Gasteiger partial charge on any atom is -0.353 e. The summed E-state index contributed by atoms with van der Waals surface area (Å²) in [5, 5.41) is 5.87. The molecule has 0 aliphatic carbocycles. The zero-order valence-electron chi connectivity index (χ0n) is 11.3. The Bertz CT molecular complexity index is 531. The fraction of sp³-hybridized carbons (Fsp3) is 0.235. The van der Waals surface area contributed by atoms with Crippen LogP contribution in [-0.4, -0.2) is 18.1 Å². The molecule has 0 saturated carbocycles. The predicted octanol–water partition coefficient (Wildman–Crippen LogP) is 2.40. The summed E-state index contributed by atoms with van der Waals surface area (Å²) in [6.07, 6.45) is 2.68. The summed E-state index contributed by atoms with van der Waals surface area (Å²) in [5.41, 5.74) is 0. The lowest BCUT2D eigenvalue weighted by molar-refractivity contribution is -0.119. The Labute approximate surface area is 121 Å². The maximum absolute atomic E-state index is 11.4. The van der Waals surface area contributed by atoms with Crippen molar-refractivity contribution in [2.75, 3.05) is 6.16 Å². The molecule has 1 saturated heterocycles. The van der Waals surface area contributed by atoms with Gasteiger partial charge in [-0.15, -0.1) is 0 Å². The second-order valence-corrected chi connectivity index (χ2v) is 7.34. The van der Waals surface area contributed by atoms with E-state index in [1.165, 1.54) is 10.6 Å². The van der Waals surface area contributed by atoms with Crippen molar-refractivity contribution in [3.63, 3.8) is 0 Å². The Hall–Kier alpha value is -1.66. The van der Waals surface area contributed by atoms with Gasteiger partial charge in [0.1, 0.15) is 0 Å². The molecule has 2 aromatic rings. The highest BCUT2D eigenvalue weighted by molar-refractivity contribution is 7.73. The van der Waals surface area contributed by atoms with Crippen LogP contribution in [0.1, 0.15) is 12.8 Å². The van der Waals surface area contributed by atoms with Crippen LogP contribution in [0.5, 0.6) is 0 Å². The van der Waals surface area contributed by atoms with Crippen LogP contribution >= 0.6 is 7.92 Å². The van der Waals surface area contributed by atoms with E-state index in [4.69, 9.17) is 0 Å². The van der Waals surface area contributed by atoms with Crippen LogP contribution in [0.3, 0.4) is 0 Å². The van der Waals surface area contributed by atoms with E-state index in [2.05, 4.69) is 66.0 Å². The van der Waals surface area contributed by atoms with Gasteiger partial charge in [0.05, 0.1) is 0 Å². The maximum Gasteiger partial charge on any atom is 0.220 e. The molecule has 1 N–H and O–H groups in total. The molecule has 3 heteroatoms. The number of rotatable bonds is 4. The van der Waals surface area contributed by atoms with Crippen molar-refractivity contribution in [1.29, 1.82) is 0 Å². The number of amides is 1. The van der Waals surface area contributed by atoms with E-state index >= 15 is 0 Å². The number of hydrogen-bond acceptors (Lipinski definition) is 1. The number of carbonyl (C=O) groups excluding carboxylic acids is 1. The summed E-state index contributed by atoms with van der Waals surface area (Å²) in [7, 11) is -0.396. The molecule has 1 aliphatic heterocycles. The van der Waals surface area contributed by atoms with Crippen molar-refractivity contribution in [3.05, 3.63) is 60.7 Å². The number of hydrogen-bond donors (Lipinski definition) is 1. The van der Waals surface area contributed by atoms with E-state index in [9.17, 15) is 4.79 Å². The molecule has 102 valence electrons. The Morgan fingerprint density at radius 1 is 0.950 bits per heavy atom. The van der Waals surface area contributed by atoms with Crippen molar-refractivity contribution in [1.82, 2.24) is 5.32 Å². The summed E-state index contributed by atoms with van der Waals surface area (Å²) >= 11 is 0. The number of nitrogens with one attached hydrogen (secondary N) is 1. The van der Waals surface area contributed by atoms with Gasteiger partial charge in [-0.3, -0.25) is 4.79 Å². The first kappa shape index (κ1) is 13.3. The van der Waals surface area contributed by atoms with E-state index in [0.29, 0.717) is 12.5 Å². The predicted molar refractivity (Wildman–Crippen MR) is 85.1 cm³/mol. The molecule has 3 rings (SSSR count). The summed E-state index contributed by atoms with van der Waals surface area (Å²) in [6, 6.07) is 21.6. The van der Waals surface area contributed by atoms with Crippen molar-refractivity contribution in [2.24, 2.45) is 0 Å². The van der Waals surface area contributed by atoms with Gasteiger partial charge >= 0.3 is 0 Å². The number of benzene rings is 2. The van der Waals surface area contributed by atoms with Gasteiger partial charge in [-0.2, -0.15) is 0 Å². The standard InChI is InChI=1S/C17H18NOP/c19-17-12-11-14(18-17)13-20(15-7-3-1-4-8-15)16-9-5-2-6-10-16/h1-10,14H,11-13H2,(H,18,19)/t14-/m0/s1. The molecule has 0 aromatic heterocycles. The molecule has 1 fully saturated rings. The SMILES string of the molecule is O=C1CC[C@@H](CP(c2ccccc2)c2ccccc2)N1. The third-order valence-corrected chi connectivity index (χ3v) is 6.27. The zero-order valence-corrected chi connectivity index (χ0v) is 12.2. The molecule has 0 radical (unpaired) electrons. The Morgan fingerprint density at radius 2 is 1.50 bits per heavy atom. The van der Waals surface area contributed by atoms with Crippen LogP contribution < -0.4 is 15.9 Å². The molecule has 20 heavy (non-hydrogen) atoms. The van der Waals surface area contributed by atoms with Crippen LogP contribution in [0.15, 0.2) is 60.7 Å². The molecule has 0 spiro atoms. The van der Waals surface area contributed by atoms with Crippen molar-refractivity contribution in [3.8, 4) is 0 Å². The first-order valence-corrected chi connectivity index (χ1v) is 8.52. The van der Waals surface area contributed by atoms with Crippen LogP contribution in [-0.2, 0) is 4.79 Å². The monoisotopic (exact) mass is 283 g/mol. The van der Waals surface area contributed by atoms with E-state index in [0.717, 1.165) is 12.6 Å². The quantitative estimate of drug-likeness (QED) is 0.858. The molecular formula is C17H18NOP. The molecule has 2 aromatic carbocycles. The lowest BCUT2D eigenvalue weighted by atomic mass is 10.2. The lowest BCUT2D eigenvalue weighted by Crippen LogP contribution is -2.31. The average molecular weight is 283 g/mol. The van der Waals surface area contributed by atoms with Crippen molar-refractivity contribution < 1.29 is 4.79 Å². The van der Waals surface area contributed by atoms with Crippen molar-refractivity contribution in [2.45, 2.75) is 18.9 Å². The fourth-order valence-corrected chi connectivity index (χ4v) is 5.11. The average Bonchev–Trinajstić information content (AvgIpc) is 2.92. The van der Waals surface area contributed by atoms with E-state index in [-0.39, 0.29) is 5.91 Å². The highest BCUT2D eigenvalue weighted by Crippen LogP contribution is 2.35. The van der Waals surface area contributed by atoms with Gasteiger partial charge in [-0.25, -0.2) is 0 Å². The maximum atomic E-state index is 11.4. The molecule has 0 unspecified atom stereocenters. The topological polar surface area (TPSA) is 29.1 Å². The van der Waals surface area contributed by atoms with Gasteiger partial charge in [0.2, 0.25) is 5.91 Å². The fourth-order valence-electron chi connectivity index (χ4n) is 2.61. The highest BCUT2D eigenvalue weighted by Gasteiger charge is 2.25. The summed E-state index contributed by atoms with van der Waals surface area (Å²) in [4.78, 5) is 11.4. The molecule has 2 nitrogen and oxygen atoms in total. The normalized spacial score (nSPS) is 18.2. The zero-order chi connectivity index (χ0) is 13.8. The minimum atomic E-state index is -0.396. The van der Waals surface area contributed by atoms with E-state index in [1.54, 1.807) is 0 Å². The van der Waals surface area contributed by atoms with E-state index < -0.39 is 7.92 Å². The molecular weight excluding hydrogens is 265 g/mol. The highest BCUT2D eigenvalue weighted by atomic mass is 31.1. The Kier molecular flexibility index (Phi) is 4.13. The molecule has 1 aliphatic rings. The summed E-state index contributed by atoms with van der Waals surface area (Å²) < 4.78 is 0. The first-order chi connectivity index (χ1) is 9.83. The third-order valence-electron chi connectivity index (χ3n) is 3.62. The van der Waals surface area contributed by atoms with Crippen LogP contribution in [0, 0.1) is 0 Å². The summed E-state index contributed by atoms with van der Waals surface area (Å²) in [5.74, 6) is 0.200. The molecule has 0 bridgehead atoms. The second kappa shape index (κ2) is 6.19. The second-order valence-electron chi connectivity index (χ2n) is 5.08. The van der Waals surface area contributed by atoms with Gasteiger partial charge in [-0.05, 0) is 31.1 Å². The smallest absolute Gasteiger partial charge is 0.220 e. The number of carbonyl (C=O) groups is 1.